The Balaban J connectivity index is 0.000000110. The lowest BCUT2D eigenvalue weighted by Gasteiger charge is -2.31. The lowest BCUT2D eigenvalue weighted by molar-refractivity contribution is 1.26. The Kier molecular flexibility index (Phi) is 15.4. The van der Waals surface area contributed by atoms with Crippen LogP contribution >= 0.6 is 0 Å². The Morgan fingerprint density at radius 1 is 0.227 bits per heavy atom. The first-order chi connectivity index (χ1) is 48.2. The van der Waals surface area contributed by atoms with E-state index < -0.39 is 0 Å². The van der Waals surface area contributed by atoms with Gasteiger partial charge in [0.05, 0.1) is 50.7 Å². The molecule has 12 aromatic carbocycles. The van der Waals surface area contributed by atoms with Gasteiger partial charge in [0.25, 0.3) is 0 Å². The molecule has 3 aliphatic heterocycles. The Morgan fingerprint density at radius 3 is 1.10 bits per heavy atom. The van der Waals surface area contributed by atoms with E-state index in [1.807, 2.05) is 36.8 Å². The predicted octanol–water partition coefficient (Wildman–Crippen LogP) is 18.3. The Morgan fingerprint density at radius 2 is 0.598 bits per heavy atom. The number of rotatable bonds is 9. The van der Waals surface area contributed by atoms with E-state index in [0.29, 0.717) is 0 Å². The number of benzene rings is 12. The number of anilines is 12. The molecule has 0 spiro atoms. The molecule has 0 bridgehead atoms. The molecule has 456 valence electrons. The molecule has 0 aliphatic carbocycles. The largest absolute Gasteiger partial charge is 0.421 e. The van der Waals surface area contributed by atoms with Gasteiger partial charge in [0.1, 0.15) is 11.6 Å². The molecular weight excluding hydrogens is 1180 g/mol. The molecule has 0 saturated heterocycles. The molecule has 16 aromatic rings. The van der Waals surface area contributed by atoms with Gasteiger partial charge in [0, 0.05) is 62.9 Å². The van der Waals surface area contributed by atoms with Crippen molar-refractivity contribution in [2.24, 2.45) is 0 Å². The second-order valence-corrected chi connectivity index (χ2v) is 24.2. The summed E-state index contributed by atoms with van der Waals surface area (Å²) in [7, 11) is 0. The average Bonchev–Trinajstić information content (AvgIpc) is 1.63. The molecule has 0 unspecified atom stereocenters. The van der Waals surface area contributed by atoms with Gasteiger partial charge in [-0.1, -0.05) is 231 Å². The lowest BCUT2D eigenvalue weighted by atomic mass is 9.64. The second-order valence-electron chi connectivity index (χ2n) is 24.2. The Bertz CT molecular complexity index is 5240. The maximum absolute atomic E-state index is 5.06. The van der Waals surface area contributed by atoms with Crippen LogP contribution in [-0.4, -0.2) is 40.9 Å². The van der Waals surface area contributed by atoms with Crippen LogP contribution in [0.25, 0.3) is 43.5 Å². The van der Waals surface area contributed by atoms with Gasteiger partial charge in [0.15, 0.2) is 0 Å². The molecule has 3 aliphatic rings. The quantitative estimate of drug-likeness (QED) is 0.103. The Hall–Kier alpha value is -12.7. The van der Waals surface area contributed by atoms with Crippen molar-refractivity contribution in [3.05, 3.63) is 370 Å². The summed E-state index contributed by atoms with van der Waals surface area (Å²) in [5.74, 6) is 1.89. The normalized spacial score (nSPS) is 13.0. The molecule has 0 N–H and O–H groups in total. The fraction of sp³-hybridized carbons (Fsp3) is 0. The van der Waals surface area contributed by atoms with Crippen LogP contribution in [0.2, 0.25) is 0 Å². The van der Waals surface area contributed by atoms with Crippen LogP contribution in [0.4, 0.5) is 68.5 Å². The number of pyridine rings is 4. The minimum absolute atomic E-state index is 0.0327. The summed E-state index contributed by atoms with van der Waals surface area (Å²) in [5, 5.41) is 5.65. The fourth-order valence-electron chi connectivity index (χ4n) is 14.2. The van der Waals surface area contributed by atoms with Crippen molar-refractivity contribution in [3.63, 3.8) is 0 Å². The molecule has 0 fully saturated rings. The van der Waals surface area contributed by atoms with E-state index in [0.717, 1.165) is 83.9 Å². The number of hydrogen-bond donors (Lipinski definition) is 0. The molecule has 4 aromatic heterocycles. The number of nitrogens with zero attached hydrogens (tertiary/aromatic N) is 10. The zero-order valence-corrected chi connectivity index (χ0v) is 52.9. The highest BCUT2D eigenvalue weighted by molar-refractivity contribution is 6.86. The summed E-state index contributed by atoms with van der Waals surface area (Å²) in [6.45, 7) is -0.127. The number of hydrogen-bond acceptors (Lipinski definition) is 10. The van der Waals surface area contributed by atoms with Crippen LogP contribution < -0.4 is 45.3 Å². The van der Waals surface area contributed by atoms with Gasteiger partial charge in [-0.15, -0.1) is 0 Å². The van der Waals surface area contributed by atoms with E-state index in [1.165, 1.54) is 44.5 Å². The van der Waals surface area contributed by atoms with Crippen LogP contribution in [-0.2, 0) is 0 Å². The molecule has 0 saturated carbocycles. The van der Waals surface area contributed by atoms with E-state index in [2.05, 4.69) is 367 Å². The highest BCUT2D eigenvalue weighted by atomic mass is 15.3. The van der Waals surface area contributed by atoms with Crippen molar-refractivity contribution < 1.29 is 0 Å². The van der Waals surface area contributed by atoms with Gasteiger partial charge in [-0.25, -0.2) is 9.97 Å². The molecule has 0 radical (unpaired) electrons. The first-order valence-corrected chi connectivity index (χ1v) is 32.9. The first kappa shape index (κ1) is 58.1. The smallest absolute Gasteiger partial charge is 0.360 e. The molecule has 0 amide bonds. The first-order valence-electron chi connectivity index (χ1n) is 32.9. The van der Waals surface area contributed by atoms with Crippen LogP contribution in [0.5, 0.6) is 0 Å². The number of aromatic nitrogens is 4. The minimum Gasteiger partial charge on any atom is -0.360 e. The number of fused-ring (bicyclic) bond motifs is 8. The second kappa shape index (κ2) is 25.6. The van der Waals surface area contributed by atoms with Gasteiger partial charge in [-0.05, 0) is 143 Å². The summed E-state index contributed by atoms with van der Waals surface area (Å²) < 4.78 is 0. The van der Waals surface area contributed by atoms with Crippen LogP contribution in [0.3, 0.4) is 0 Å². The third-order valence-electron chi connectivity index (χ3n) is 18.5. The number of para-hydroxylation sites is 10. The standard InChI is InChI=1S/C30H21BN4.2C27H20BN3/c1-3-12-23(13-4-1)31-34(24-14-5-2-6-15-24)26-17-7-8-18-27(26)35(31)28-21-22-11-9-19-32-29(22)30-25(28)16-10-20-33-30;1-3-13-23(14-4-1)28-30(24-15-5-2-6-16-24)25-17-9-10-18-26(25)31(28)27-19-21-11-7-8-12-22(21)20-29-27;1-3-12-22(13-4-1)28-30(23-14-5-2-6-15-23)25-17-9-10-18-26(25)31(28)27-20-19-21-11-7-8-16-24(21)29-27/h1-21H;2*1-20H. The topological polar surface area (TPSA) is 71.0 Å². The van der Waals surface area contributed by atoms with Gasteiger partial charge < -0.3 is 28.9 Å². The third kappa shape index (κ3) is 10.7. The SMILES string of the molecule is c1ccc(B2N(c3ccccc3)c3ccccc3N2c2cc3ccccc3cn2)cc1.c1ccc(B2N(c3ccccc3)c3ccccc3N2c2cc3cccnc3c3ncccc23)cc1.c1ccc(B2N(c3ccccc3)c3ccccc3N2c2ccc3ccccc3n2)cc1. The highest BCUT2D eigenvalue weighted by Crippen LogP contribution is 2.50. The maximum atomic E-state index is 5.06. The summed E-state index contributed by atoms with van der Waals surface area (Å²) in [6.07, 6.45) is 5.66. The van der Waals surface area contributed by atoms with E-state index in [4.69, 9.17) is 15.0 Å². The minimum atomic E-state index is -0.0615. The van der Waals surface area contributed by atoms with Crippen LogP contribution in [0.15, 0.2) is 370 Å². The lowest BCUT2D eigenvalue weighted by Crippen LogP contribution is -2.53. The van der Waals surface area contributed by atoms with Gasteiger partial charge >= 0.3 is 20.9 Å². The van der Waals surface area contributed by atoms with Crippen molar-refractivity contribution in [1.82, 2.24) is 19.9 Å². The van der Waals surface area contributed by atoms with Crippen molar-refractivity contribution in [2.45, 2.75) is 0 Å². The van der Waals surface area contributed by atoms with Gasteiger partial charge in [-0.3, -0.25) is 9.97 Å². The maximum Gasteiger partial charge on any atom is 0.421 e. The molecule has 19 rings (SSSR count). The molecule has 97 heavy (non-hydrogen) atoms. The molecule has 0 atom stereocenters. The predicted molar refractivity (Wildman–Crippen MR) is 408 cm³/mol. The summed E-state index contributed by atoms with van der Waals surface area (Å²) in [6, 6.07) is 123. The van der Waals surface area contributed by atoms with E-state index in [-0.39, 0.29) is 20.9 Å². The van der Waals surface area contributed by atoms with Crippen molar-refractivity contribution in [3.8, 4) is 0 Å². The van der Waals surface area contributed by atoms with E-state index in [9.17, 15) is 0 Å². The van der Waals surface area contributed by atoms with Crippen molar-refractivity contribution in [2.75, 3.05) is 28.9 Å². The average molecular weight is 1240 g/mol. The molecule has 10 nitrogen and oxygen atoms in total. The van der Waals surface area contributed by atoms with Gasteiger partial charge in [-0.2, -0.15) is 0 Å². The van der Waals surface area contributed by atoms with Crippen molar-refractivity contribution in [1.29, 1.82) is 0 Å². The van der Waals surface area contributed by atoms with E-state index in [1.54, 1.807) is 0 Å². The molecule has 7 heterocycles. The summed E-state index contributed by atoms with van der Waals surface area (Å²) in [5.41, 5.74) is 18.1. The van der Waals surface area contributed by atoms with Crippen LogP contribution in [0, 0.1) is 0 Å². The van der Waals surface area contributed by atoms with Crippen molar-refractivity contribution >= 4 is 149 Å². The van der Waals surface area contributed by atoms with Gasteiger partial charge in [0.2, 0.25) is 0 Å². The zero-order chi connectivity index (χ0) is 64.4. The summed E-state index contributed by atoms with van der Waals surface area (Å²) >= 11 is 0. The fourth-order valence-corrected chi connectivity index (χ4v) is 14.2. The zero-order valence-electron chi connectivity index (χ0n) is 52.9. The highest BCUT2D eigenvalue weighted by Gasteiger charge is 2.47. The van der Waals surface area contributed by atoms with E-state index >= 15 is 0 Å². The molecule has 13 heteroatoms. The Labute approximate surface area is 565 Å². The summed E-state index contributed by atoms with van der Waals surface area (Å²) in [4.78, 5) is 33.8. The molecular formula is C84H61B3N10. The van der Waals surface area contributed by atoms with Crippen LogP contribution in [0.1, 0.15) is 0 Å². The third-order valence-corrected chi connectivity index (χ3v) is 18.5. The monoisotopic (exact) mass is 1240 g/mol.